The third kappa shape index (κ3) is 5.48. The van der Waals surface area contributed by atoms with Crippen molar-refractivity contribution in [2.75, 3.05) is 13.2 Å². The highest BCUT2D eigenvalue weighted by atomic mass is 16.5. The van der Waals surface area contributed by atoms with Crippen LogP contribution in [0.25, 0.3) is 0 Å². The maximum atomic E-state index is 11.5. The molecule has 0 heterocycles. The van der Waals surface area contributed by atoms with Gasteiger partial charge in [0.05, 0.1) is 12.7 Å². The smallest absolute Gasteiger partial charge is 0.315 e. The third-order valence-electron chi connectivity index (χ3n) is 2.96. The summed E-state index contributed by atoms with van der Waals surface area (Å²) >= 11 is 0. The van der Waals surface area contributed by atoms with Crippen molar-refractivity contribution >= 4 is 6.03 Å². The molecule has 0 bridgehead atoms. The molecule has 0 fully saturated rings. The average molecular weight is 280 g/mol. The Balaban J connectivity index is 2.66. The highest BCUT2D eigenvalue weighted by Gasteiger charge is 2.09. The van der Waals surface area contributed by atoms with Gasteiger partial charge in [-0.2, -0.15) is 0 Å². The van der Waals surface area contributed by atoms with Gasteiger partial charge in [0.1, 0.15) is 5.75 Å². The molecule has 0 aliphatic carbocycles. The van der Waals surface area contributed by atoms with Crippen molar-refractivity contribution in [3.8, 4) is 5.75 Å². The molecule has 0 saturated heterocycles. The van der Waals surface area contributed by atoms with Gasteiger partial charge in [-0.05, 0) is 31.9 Å². The fourth-order valence-electron chi connectivity index (χ4n) is 1.63. The van der Waals surface area contributed by atoms with Crippen LogP contribution in [0.2, 0.25) is 0 Å². The van der Waals surface area contributed by atoms with Gasteiger partial charge in [0.15, 0.2) is 0 Å². The Morgan fingerprint density at radius 1 is 1.40 bits per heavy atom. The van der Waals surface area contributed by atoms with Crippen LogP contribution in [0.4, 0.5) is 4.79 Å². The van der Waals surface area contributed by atoms with Gasteiger partial charge in [-0.3, -0.25) is 0 Å². The molecule has 5 heteroatoms. The van der Waals surface area contributed by atoms with Gasteiger partial charge in [0.25, 0.3) is 0 Å². The van der Waals surface area contributed by atoms with Crippen molar-refractivity contribution < 1.29 is 14.6 Å². The first-order chi connectivity index (χ1) is 9.56. The first-order valence-electron chi connectivity index (χ1n) is 6.95. The lowest BCUT2D eigenvalue weighted by Gasteiger charge is -2.17. The van der Waals surface area contributed by atoms with Gasteiger partial charge in [-0.25, -0.2) is 4.79 Å². The normalized spacial score (nSPS) is 11.8. The van der Waals surface area contributed by atoms with E-state index in [0.29, 0.717) is 6.54 Å². The van der Waals surface area contributed by atoms with Gasteiger partial charge in [-0.15, -0.1) is 0 Å². The summed E-state index contributed by atoms with van der Waals surface area (Å²) in [5.41, 5.74) is 2.06. The number of rotatable bonds is 7. The van der Waals surface area contributed by atoms with Gasteiger partial charge in [-0.1, -0.05) is 19.1 Å². The van der Waals surface area contributed by atoms with E-state index >= 15 is 0 Å². The zero-order valence-corrected chi connectivity index (χ0v) is 12.4. The van der Waals surface area contributed by atoms with Crippen LogP contribution in [0.5, 0.6) is 5.75 Å². The maximum Gasteiger partial charge on any atom is 0.315 e. The predicted molar refractivity (Wildman–Crippen MR) is 78.9 cm³/mol. The van der Waals surface area contributed by atoms with E-state index in [4.69, 9.17) is 9.84 Å². The summed E-state index contributed by atoms with van der Waals surface area (Å²) in [5.74, 6) is 0.807. The Bertz CT molecular complexity index is 435. The Kier molecular flexibility index (Phi) is 6.87. The number of benzene rings is 1. The van der Waals surface area contributed by atoms with Crippen molar-refractivity contribution in [1.82, 2.24) is 10.6 Å². The number of carbonyl (C=O) groups excluding carboxylic acids is 1. The molecule has 0 aliphatic rings. The SMILES string of the molecule is CCC(C)Oc1cc(C)ccc1CNC(=O)NCCO. The summed E-state index contributed by atoms with van der Waals surface area (Å²) in [6, 6.07) is 5.63. The first-order valence-corrected chi connectivity index (χ1v) is 6.95. The second-order valence-corrected chi connectivity index (χ2v) is 4.78. The molecule has 0 radical (unpaired) electrons. The molecule has 1 aromatic carbocycles. The predicted octanol–water partition coefficient (Wildman–Crippen LogP) is 1.96. The lowest BCUT2D eigenvalue weighted by Crippen LogP contribution is -2.36. The van der Waals surface area contributed by atoms with Crippen LogP contribution in [0, 0.1) is 6.92 Å². The molecule has 0 saturated carbocycles. The quantitative estimate of drug-likeness (QED) is 0.715. The number of aliphatic hydroxyl groups excluding tert-OH is 1. The van der Waals surface area contributed by atoms with Gasteiger partial charge >= 0.3 is 6.03 Å². The standard InChI is InChI=1S/C15H24N2O3/c1-4-12(3)20-14-9-11(2)5-6-13(14)10-17-15(19)16-7-8-18/h5-6,9,12,18H,4,7-8,10H2,1-3H3,(H2,16,17,19). The Morgan fingerprint density at radius 2 is 2.15 bits per heavy atom. The van der Waals surface area contributed by atoms with E-state index in [9.17, 15) is 4.79 Å². The van der Waals surface area contributed by atoms with Crippen molar-refractivity contribution in [3.05, 3.63) is 29.3 Å². The molecule has 112 valence electrons. The maximum absolute atomic E-state index is 11.5. The minimum atomic E-state index is -0.297. The minimum absolute atomic E-state index is 0.0691. The van der Waals surface area contributed by atoms with Gasteiger partial charge < -0.3 is 20.5 Å². The number of amides is 2. The van der Waals surface area contributed by atoms with Crippen LogP contribution in [-0.4, -0.2) is 30.4 Å². The first kappa shape index (κ1) is 16.3. The Morgan fingerprint density at radius 3 is 2.80 bits per heavy atom. The number of hydrogen-bond donors (Lipinski definition) is 3. The van der Waals surface area contributed by atoms with Crippen molar-refractivity contribution in [1.29, 1.82) is 0 Å². The molecule has 1 unspecified atom stereocenters. The van der Waals surface area contributed by atoms with Gasteiger partial charge in [0, 0.05) is 18.7 Å². The zero-order chi connectivity index (χ0) is 15.0. The molecule has 0 spiro atoms. The Hall–Kier alpha value is -1.75. The van der Waals surface area contributed by atoms with Crippen molar-refractivity contribution in [2.45, 2.75) is 39.8 Å². The monoisotopic (exact) mass is 280 g/mol. The molecule has 1 atom stereocenters. The molecule has 5 nitrogen and oxygen atoms in total. The zero-order valence-electron chi connectivity index (χ0n) is 12.4. The minimum Gasteiger partial charge on any atom is -0.490 e. The van der Waals surface area contributed by atoms with Crippen LogP contribution >= 0.6 is 0 Å². The molecule has 1 rings (SSSR count). The van der Waals surface area contributed by atoms with Crippen LogP contribution < -0.4 is 15.4 Å². The van der Waals surface area contributed by atoms with Crippen LogP contribution in [0.15, 0.2) is 18.2 Å². The molecule has 0 aromatic heterocycles. The summed E-state index contributed by atoms with van der Waals surface area (Å²) in [7, 11) is 0. The second kappa shape index (κ2) is 8.43. The summed E-state index contributed by atoms with van der Waals surface area (Å²) in [5, 5.41) is 13.9. The van der Waals surface area contributed by atoms with E-state index in [2.05, 4.69) is 17.6 Å². The summed E-state index contributed by atoms with van der Waals surface area (Å²) in [6.07, 6.45) is 1.07. The lowest BCUT2D eigenvalue weighted by atomic mass is 10.1. The Labute approximate surface area is 120 Å². The van der Waals surface area contributed by atoms with E-state index in [0.717, 1.165) is 23.3 Å². The molecule has 0 aliphatic heterocycles. The average Bonchev–Trinajstić information content (AvgIpc) is 2.44. The molecule has 1 aromatic rings. The molecule has 2 amide bonds. The number of carbonyl (C=O) groups is 1. The van der Waals surface area contributed by atoms with Crippen molar-refractivity contribution in [2.24, 2.45) is 0 Å². The highest BCUT2D eigenvalue weighted by Crippen LogP contribution is 2.22. The van der Waals surface area contributed by atoms with E-state index < -0.39 is 0 Å². The lowest BCUT2D eigenvalue weighted by molar-refractivity contribution is 0.214. The van der Waals surface area contributed by atoms with Gasteiger partial charge in [0.2, 0.25) is 0 Å². The largest absolute Gasteiger partial charge is 0.490 e. The summed E-state index contributed by atoms with van der Waals surface area (Å²) in [4.78, 5) is 11.5. The number of aryl methyl sites for hydroxylation is 1. The molecular formula is C15H24N2O3. The number of aliphatic hydroxyl groups is 1. The van der Waals surface area contributed by atoms with E-state index in [1.54, 1.807) is 0 Å². The number of ether oxygens (including phenoxy) is 1. The van der Waals surface area contributed by atoms with Crippen LogP contribution in [0.3, 0.4) is 0 Å². The molecular weight excluding hydrogens is 256 g/mol. The summed E-state index contributed by atoms with van der Waals surface area (Å²) in [6.45, 7) is 6.67. The fraction of sp³-hybridized carbons (Fsp3) is 0.533. The number of nitrogens with one attached hydrogen (secondary N) is 2. The number of urea groups is 1. The highest BCUT2D eigenvalue weighted by molar-refractivity contribution is 5.73. The van der Waals surface area contributed by atoms with Crippen molar-refractivity contribution in [3.63, 3.8) is 0 Å². The van der Waals surface area contributed by atoms with E-state index in [-0.39, 0.29) is 25.3 Å². The molecule has 3 N–H and O–H groups in total. The molecule has 20 heavy (non-hydrogen) atoms. The van der Waals surface area contributed by atoms with E-state index in [1.165, 1.54) is 0 Å². The van der Waals surface area contributed by atoms with Crippen LogP contribution in [-0.2, 0) is 6.54 Å². The second-order valence-electron chi connectivity index (χ2n) is 4.78. The fourth-order valence-corrected chi connectivity index (χ4v) is 1.63. The van der Waals surface area contributed by atoms with Crippen LogP contribution in [0.1, 0.15) is 31.4 Å². The third-order valence-corrected chi connectivity index (χ3v) is 2.96. The number of hydrogen-bond acceptors (Lipinski definition) is 3. The topological polar surface area (TPSA) is 70.6 Å². The summed E-state index contributed by atoms with van der Waals surface area (Å²) < 4.78 is 5.88. The van der Waals surface area contributed by atoms with E-state index in [1.807, 2.05) is 32.0 Å².